The van der Waals surface area contributed by atoms with Gasteiger partial charge in [-0.1, -0.05) is 52.9 Å². The summed E-state index contributed by atoms with van der Waals surface area (Å²) in [5.74, 6) is 0.133. The summed E-state index contributed by atoms with van der Waals surface area (Å²) >= 11 is 7.99. The molecule has 0 saturated heterocycles. The molecule has 162 valence electrons. The zero-order chi connectivity index (χ0) is 21.8. The largest absolute Gasteiger partial charge is 0.355 e. The highest BCUT2D eigenvalue weighted by atomic mass is 32.2. The van der Waals surface area contributed by atoms with Crippen LogP contribution in [0.1, 0.15) is 37.7 Å². The van der Waals surface area contributed by atoms with Crippen molar-refractivity contribution < 1.29 is 4.79 Å². The molecule has 1 aliphatic rings. The summed E-state index contributed by atoms with van der Waals surface area (Å²) in [6, 6.07) is 7.85. The monoisotopic (exact) mass is 472 g/mol. The summed E-state index contributed by atoms with van der Waals surface area (Å²) in [4.78, 5) is 32.3. The third kappa shape index (κ3) is 5.16. The number of para-hydroxylation sites is 1. The summed E-state index contributed by atoms with van der Waals surface area (Å²) in [5.41, 5.74) is 3.68. The van der Waals surface area contributed by atoms with Crippen LogP contribution in [0.3, 0.4) is 0 Å². The van der Waals surface area contributed by atoms with E-state index in [-0.39, 0.29) is 17.2 Å². The van der Waals surface area contributed by atoms with Gasteiger partial charge < -0.3 is 10.3 Å². The van der Waals surface area contributed by atoms with Crippen LogP contribution in [0.25, 0.3) is 16.0 Å². The third-order valence-corrected chi connectivity index (χ3v) is 7.51. The molecule has 0 spiro atoms. The number of thioether (sulfide) groups is 1. The Morgan fingerprint density at radius 1 is 1.35 bits per heavy atom. The smallest absolute Gasteiger partial charge is 0.271 e. The van der Waals surface area contributed by atoms with Crippen LogP contribution in [0, 0.1) is 10.9 Å². The maximum absolute atomic E-state index is 12.6. The van der Waals surface area contributed by atoms with Gasteiger partial charge in [0.2, 0.25) is 5.91 Å². The molecule has 0 saturated carbocycles. The van der Waals surface area contributed by atoms with Gasteiger partial charge in [0.15, 0.2) is 14.8 Å². The number of aromatic nitrogens is 3. The van der Waals surface area contributed by atoms with Crippen LogP contribution < -0.4 is 10.9 Å². The van der Waals surface area contributed by atoms with Crippen LogP contribution in [0.4, 0.5) is 0 Å². The third-order valence-electron chi connectivity index (χ3n) is 5.27. The molecule has 1 amide bonds. The fourth-order valence-corrected chi connectivity index (χ4v) is 5.61. The van der Waals surface area contributed by atoms with E-state index in [9.17, 15) is 9.59 Å². The number of nitrogens with one attached hydrogen (secondary N) is 2. The molecule has 0 aliphatic heterocycles. The van der Waals surface area contributed by atoms with E-state index in [1.807, 2.05) is 35.8 Å². The predicted octanol–water partition coefficient (Wildman–Crippen LogP) is 4.91. The number of hydrogen-bond acceptors (Lipinski definition) is 6. The van der Waals surface area contributed by atoms with Crippen molar-refractivity contribution in [1.29, 1.82) is 0 Å². The van der Waals surface area contributed by atoms with Crippen LogP contribution in [0.5, 0.6) is 0 Å². The first-order valence-corrected chi connectivity index (χ1v) is 12.5. The Balaban J connectivity index is 1.47. The second-order valence-electron chi connectivity index (χ2n) is 7.51. The molecule has 1 aromatic carbocycles. The number of aryl methyl sites for hydroxylation is 1. The molecular weight excluding hydrogens is 448 g/mol. The van der Waals surface area contributed by atoms with Gasteiger partial charge in [0.25, 0.3) is 5.56 Å². The SMILES string of the molecule is Cc1ccccc1-n1c(=S)sc2c(=O)[nH]c(SCC(=O)NCCC3=CCCCC3)nc21. The van der Waals surface area contributed by atoms with Crippen molar-refractivity contribution in [2.24, 2.45) is 0 Å². The molecule has 2 heterocycles. The van der Waals surface area contributed by atoms with Crippen molar-refractivity contribution in [3.8, 4) is 5.69 Å². The number of carbonyl (C=O) groups is 1. The van der Waals surface area contributed by atoms with Gasteiger partial charge in [-0.05, 0) is 62.9 Å². The Hall–Kier alpha value is -2.23. The minimum atomic E-state index is -0.236. The molecule has 0 radical (unpaired) electrons. The van der Waals surface area contributed by atoms with E-state index in [0.29, 0.717) is 26.0 Å². The molecular formula is C22H24N4O2S3. The Kier molecular flexibility index (Phi) is 7.04. The van der Waals surface area contributed by atoms with Crippen molar-refractivity contribution in [1.82, 2.24) is 19.9 Å². The maximum atomic E-state index is 12.6. The minimum Gasteiger partial charge on any atom is -0.355 e. The van der Waals surface area contributed by atoms with E-state index >= 15 is 0 Å². The Labute approximate surface area is 193 Å². The molecule has 3 aromatic rings. The van der Waals surface area contributed by atoms with Gasteiger partial charge in [-0.3, -0.25) is 14.2 Å². The topological polar surface area (TPSA) is 79.8 Å². The van der Waals surface area contributed by atoms with Gasteiger partial charge >= 0.3 is 0 Å². The number of thiazole rings is 1. The fraction of sp³-hybridized carbons (Fsp3) is 0.364. The van der Waals surface area contributed by atoms with E-state index in [4.69, 9.17) is 12.2 Å². The lowest BCUT2D eigenvalue weighted by Crippen LogP contribution is -2.26. The van der Waals surface area contributed by atoms with Crippen LogP contribution >= 0.6 is 35.3 Å². The fourth-order valence-electron chi connectivity index (χ4n) is 3.67. The number of aromatic amines is 1. The van der Waals surface area contributed by atoms with Crippen molar-refractivity contribution in [3.05, 3.63) is 55.8 Å². The number of hydrogen-bond donors (Lipinski definition) is 2. The molecule has 0 bridgehead atoms. The van der Waals surface area contributed by atoms with Crippen LogP contribution in [0.2, 0.25) is 0 Å². The molecule has 0 fully saturated rings. The number of allylic oxidation sites excluding steroid dienone is 1. The zero-order valence-corrected chi connectivity index (χ0v) is 19.7. The minimum absolute atomic E-state index is 0.0646. The number of fused-ring (bicyclic) bond motifs is 1. The van der Waals surface area contributed by atoms with Crippen molar-refractivity contribution in [3.63, 3.8) is 0 Å². The van der Waals surface area contributed by atoms with Gasteiger partial charge in [0.1, 0.15) is 4.70 Å². The molecule has 4 rings (SSSR count). The number of carbonyl (C=O) groups excluding carboxylic acids is 1. The van der Waals surface area contributed by atoms with Crippen molar-refractivity contribution >= 4 is 51.6 Å². The van der Waals surface area contributed by atoms with Crippen LogP contribution in [-0.4, -0.2) is 32.7 Å². The van der Waals surface area contributed by atoms with Gasteiger partial charge in [-0.15, -0.1) is 0 Å². The molecule has 9 heteroatoms. The number of nitrogens with zero attached hydrogens (tertiary/aromatic N) is 2. The maximum Gasteiger partial charge on any atom is 0.271 e. The van der Waals surface area contributed by atoms with E-state index in [1.54, 1.807) is 0 Å². The highest BCUT2D eigenvalue weighted by Gasteiger charge is 2.15. The number of H-pyrrole nitrogens is 1. The lowest BCUT2D eigenvalue weighted by molar-refractivity contribution is -0.118. The van der Waals surface area contributed by atoms with Crippen LogP contribution in [-0.2, 0) is 4.79 Å². The summed E-state index contributed by atoms with van der Waals surface area (Å²) < 4.78 is 2.89. The van der Waals surface area contributed by atoms with E-state index < -0.39 is 0 Å². The molecule has 31 heavy (non-hydrogen) atoms. The highest BCUT2D eigenvalue weighted by molar-refractivity contribution is 7.99. The summed E-state index contributed by atoms with van der Waals surface area (Å²) in [6.45, 7) is 2.64. The molecule has 2 N–H and O–H groups in total. The van der Waals surface area contributed by atoms with E-state index in [0.717, 1.165) is 30.5 Å². The zero-order valence-electron chi connectivity index (χ0n) is 17.3. The van der Waals surface area contributed by atoms with Gasteiger partial charge in [-0.2, -0.15) is 0 Å². The Bertz CT molecular complexity index is 1260. The van der Waals surface area contributed by atoms with Crippen molar-refractivity contribution in [2.75, 3.05) is 12.3 Å². The molecule has 1 aliphatic carbocycles. The number of rotatable bonds is 7. The lowest BCUT2D eigenvalue weighted by Gasteiger charge is -2.12. The first kappa shape index (κ1) is 22.0. The molecule has 6 nitrogen and oxygen atoms in total. The Morgan fingerprint density at radius 3 is 2.97 bits per heavy atom. The lowest BCUT2D eigenvalue weighted by atomic mass is 9.97. The summed E-state index contributed by atoms with van der Waals surface area (Å²) in [7, 11) is 0. The Morgan fingerprint density at radius 2 is 2.19 bits per heavy atom. The number of amides is 1. The molecule has 0 atom stereocenters. The quantitative estimate of drug-likeness (QED) is 0.221. The first-order valence-electron chi connectivity index (χ1n) is 10.3. The van der Waals surface area contributed by atoms with E-state index in [1.165, 1.54) is 41.5 Å². The molecule has 0 unspecified atom stereocenters. The normalized spacial score (nSPS) is 13.9. The molecule has 2 aromatic heterocycles. The average Bonchev–Trinajstić information content (AvgIpc) is 3.10. The standard InChI is InChI=1S/C22H24N4O2S3/c1-14-7-5-6-10-16(14)26-19-18(31-22(26)29)20(28)25-21(24-19)30-13-17(27)23-12-11-15-8-3-2-4-9-15/h5-8,10H,2-4,9,11-13H2,1H3,(H,23,27)(H,24,25,28). The summed E-state index contributed by atoms with van der Waals surface area (Å²) in [5, 5.41) is 3.38. The van der Waals surface area contributed by atoms with Crippen LogP contribution in [0.15, 0.2) is 45.9 Å². The highest BCUT2D eigenvalue weighted by Crippen LogP contribution is 2.26. The van der Waals surface area contributed by atoms with Gasteiger partial charge in [-0.25, -0.2) is 4.98 Å². The second-order valence-corrected chi connectivity index (χ2v) is 10.1. The van der Waals surface area contributed by atoms with E-state index in [2.05, 4.69) is 21.4 Å². The first-order chi connectivity index (χ1) is 15.0. The predicted molar refractivity (Wildman–Crippen MR) is 130 cm³/mol. The van der Waals surface area contributed by atoms with Gasteiger partial charge in [0, 0.05) is 6.54 Å². The average molecular weight is 473 g/mol. The second kappa shape index (κ2) is 9.93. The summed E-state index contributed by atoms with van der Waals surface area (Å²) in [6.07, 6.45) is 8.01. The number of benzene rings is 1. The van der Waals surface area contributed by atoms with Crippen molar-refractivity contribution in [2.45, 2.75) is 44.2 Å². The van der Waals surface area contributed by atoms with Gasteiger partial charge in [0.05, 0.1) is 11.4 Å².